The van der Waals surface area contributed by atoms with Gasteiger partial charge in [0.25, 0.3) is 0 Å². The third-order valence-corrected chi connectivity index (χ3v) is 4.16. The van der Waals surface area contributed by atoms with Gasteiger partial charge in [-0.3, -0.25) is 4.79 Å². The van der Waals surface area contributed by atoms with Crippen LogP contribution in [0.5, 0.6) is 0 Å². The van der Waals surface area contributed by atoms with E-state index in [2.05, 4.69) is 12.2 Å². The topological polar surface area (TPSA) is 55.1 Å². The first kappa shape index (κ1) is 17.8. The lowest BCUT2D eigenvalue weighted by Crippen LogP contribution is -2.55. The van der Waals surface area contributed by atoms with E-state index in [0.717, 1.165) is 18.6 Å². The summed E-state index contributed by atoms with van der Waals surface area (Å²) in [7, 11) is 0. The standard InChI is InChI=1S/C14H30N2OS/c1-5-6-7-10-18-11-8-9-14(4,13(15)17)16-12(2)3/h12,16H,5-11H2,1-4H3,(H2,15,17). The number of primary amides is 1. The molecular formula is C14H30N2OS. The van der Waals surface area contributed by atoms with E-state index in [1.165, 1.54) is 25.0 Å². The molecule has 0 spiro atoms. The van der Waals surface area contributed by atoms with E-state index in [0.29, 0.717) is 0 Å². The van der Waals surface area contributed by atoms with E-state index < -0.39 is 5.54 Å². The summed E-state index contributed by atoms with van der Waals surface area (Å²) in [6.07, 6.45) is 5.76. The molecule has 0 radical (unpaired) electrons. The van der Waals surface area contributed by atoms with Gasteiger partial charge in [-0.2, -0.15) is 11.8 Å². The molecule has 0 heterocycles. The lowest BCUT2D eigenvalue weighted by atomic mass is 9.94. The number of thioether (sulfide) groups is 1. The van der Waals surface area contributed by atoms with Gasteiger partial charge >= 0.3 is 0 Å². The second-order valence-electron chi connectivity index (χ2n) is 5.42. The first-order valence-electron chi connectivity index (χ1n) is 7.07. The predicted molar refractivity (Wildman–Crippen MR) is 82.0 cm³/mol. The zero-order valence-corrected chi connectivity index (χ0v) is 13.2. The normalized spacial score (nSPS) is 14.7. The van der Waals surface area contributed by atoms with E-state index in [9.17, 15) is 4.79 Å². The van der Waals surface area contributed by atoms with Gasteiger partial charge in [-0.25, -0.2) is 0 Å². The zero-order chi connectivity index (χ0) is 14.0. The highest BCUT2D eigenvalue weighted by Gasteiger charge is 2.30. The molecule has 3 N–H and O–H groups in total. The third-order valence-electron chi connectivity index (χ3n) is 3.01. The highest BCUT2D eigenvalue weighted by Crippen LogP contribution is 2.16. The molecule has 0 aliphatic heterocycles. The van der Waals surface area contributed by atoms with Crippen molar-refractivity contribution < 1.29 is 4.79 Å². The fourth-order valence-electron chi connectivity index (χ4n) is 1.99. The minimum Gasteiger partial charge on any atom is -0.368 e. The summed E-state index contributed by atoms with van der Waals surface area (Å²) in [4.78, 5) is 11.5. The van der Waals surface area contributed by atoms with Gasteiger partial charge < -0.3 is 11.1 Å². The summed E-state index contributed by atoms with van der Waals surface area (Å²) in [6, 6.07) is 0.278. The van der Waals surface area contributed by atoms with Gasteiger partial charge in [-0.1, -0.05) is 19.8 Å². The number of hydrogen-bond acceptors (Lipinski definition) is 3. The van der Waals surface area contributed by atoms with Crippen LogP contribution in [0.1, 0.15) is 59.8 Å². The monoisotopic (exact) mass is 274 g/mol. The summed E-state index contributed by atoms with van der Waals surface area (Å²) in [5.74, 6) is 2.11. The maximum absolute atomic E-state index is 11.5. The Kier molecular flexibility index (Phi) is 9.56. The van der Waals surface area contributed by atoms with Crippen LogP contribution in [-0.4, -0.2) is 29.0 Å². The maximum atomic E-state index is 11.5. The Hall–Kier alpha value is -0.220. The smallest absolute Gasteiger partial charge is 0.237 e. The van der Waals surface area contributed by atoms with Crippen LogP contribution >= 0.6 is 11.8 Å². The average Bonchev–Trinajstić information content (AvgIpc) is 2.26. The summed E-state index contributed by atoms with van der Waals surface area (Å²) < 4.78 is 0. The van der Waals surface area contributed by atoms with Crippen molar-refractivity contribution in [3.05, 3.63) is 0 Å². The largest absolute Gasteiger partial charge is 0.368 e. The SMILES string of the molecule is CCCCCSCCCC(C)(NC(C)C)C(N)=O. The number of carbonyl (C=O) groups is 1. The van der Waals surface area contributed by atoms with Crippen LogP contribution in [0.15, 0.2) is 0 Å². The second kappa shape index (κ2) is 9.68. The Bertz CT molecular complexity index is 234. The van der Waals surface area contributed by atoms with Crippen molar-refractivity contribution in [2.45, 2.75) is 71.4 Å². The molecule has 18 heavy (non-hydrogen) atoms. The van der Waals surface area contributed by atoms with Crippen molar-refractivity contribution in [2.75, 3.05) is 11.5 Å². The van der Waals surface area contributed by atoms with Gasteiger partial charge in [0.05, 0.1) is 5.54 Å². The first-order chi connectivity index (χ1) is 8.42. The molecule has 0 aliphatic carbocycles. The molecule has 0 fully saturated rings. The first-order valence-corrected chi connectivity index (χ1v) is 8.23. The Morgan fingerprint density at radius 3 is 2.39 bits per heavy atom. The molecular weight excluding hydrogens is 244 g/mol. The van der Waals surface area contributed by atoms with E-state index in [1.807, 2.05) is 32.5 Å². The van der Waals surface area contributed by atoms with Crippen molar-refractivity contribution in [1.82, 2.24) is 5.32 Å². The van der Waals surface area contributed by atoms with Gasteiger partial charge in [0, 0.05) is 6.04 Å². The molecule has 0 saturated heterocycles. The molecule has 0 rings (SSSR count). The van der Waals surface area contributed by atoms with Gasteiger partial charge in [-0.15, -0.1) is 0 Å². The van der Waals surface area contributed by atoms with Crippen molar-refractivity contribution in [2.24, 2.45) is 5.73 Å². The summed E-state index contributed by atoms with van der Waals surface area (Å²) in [6.45, 7) is 8.22. The quantitative estimate of drug-likeness (QED) is 0.570. The number of rotatable bonds is 11. The predicted octanol–water partition coefficient (Wildman–Crippen LogP) is 2.93. The molecule has 0 saturated carbocycles. The Morgan fingerprint density at radius 1 is 1.28 bits per heavy atom. The molecule has 0 aliphatic rings. The highest BCUT2D eigenvalue weighted by molar-refractivity contribution is 7.99. The van der Waals surface area contributed by atoms with E-state index in [4.69, 9.17) is 5.73 Å². The molecule has 108 valence electrons. The van der Waals surface area contributed by atoms with Crippen LogP contribution in [0.25, 0.3) is 0 Å². The summed E-state index contributed by atoms with van der Waals surface area (Å²) in [5.41, 5.74) is 4.93. The molecule has 4 heteroatoms. The fraction of sp³-hybridized carbons (Fsp3) is 0.929. The van der Waals surface area contributed by atoms with Crippen LogP contribution in [0, 0.1) is 0 Å². The molecule has 0 bridgehead atoms. The molecule has 3 nitrogen and oxygen atoms in total. The van der Waals surface area contributed by atoms with Gasteiger partial charge in [0.1, 0.15) is 0 Å². The molecule has 0 aromatic carbocycles. The van der Waals surface area contributed by atoms with Crippen molar-refractivity contribution in [1.29, 1.82) is 0 Å². The van der Waals surface area contributed by atoms with Crippen molar-refractivity contribution in [3.63, 3.8) is 0 Å². The summed E-state index contributed by atoms with van der Waals surface area (Å²) in [5, 5.41) is 3.28. The average molecular weight is 274 g/mol. The van der Waals surface area contributed by atoms with E-state index in [1.54, 1.807) is 0 Å². The Balaban J connectivity index is 3.81. The van der Waals surface area contributed by atoms with Crippen molar-refractivity contribution >= 4 is 17.7 Å². The number of amides is 1. The third kappa shape index (κ3) is 7.98. The molecule has 0 aromatic heterocycles. The lowest BCUT2D eigenvalue weighted by molar-refractivity contribution is -0.124. The van der Waals surface area contributed by atoms with Crippen LogP contribution in [0.2, 0.25) is 0 Å². The van der Waals surface area contributed by atoms with E-state index >= 15 is 0 Å². The van der Waals surface area contributed by atoms with Gasteiger partial charge in [0.2, 0.25) is 5.91 Å². The molecule has 1 unspecified atom stereocenters. The lowest BCUT2D eigenvalue weighted by Gasteiger charge is -2.29. The van der Waals surface area contributed by atoms with Gasteiger partial charge in [0.15, 0.2) is 0 Å². The number of unbranched alkanes of at least 4 members (excludes halogenated alkanes) is 2. The zero-order valence-electron chi connectivity index (χ0n) is 12.4. The van der Waals surface area contributed by atoms with Crippen LogP contribution in [0.3, 0.4) is 0 Å². The van der Waals surface area contributed by atoms with Crippen molar-refractivity contribution in [3.8, 4) is 0 Å². The molecule has 1 atom stereocenters. The Morgan fingerprint density at radius 2 is 1.89 bits per heavy atom. The number of hydrogen-bond donors (Lipinski definition) is 2. The second-order valence-corrected chi connectivity index (χ2v) is 6.64. The van der Waals surface area contributed by atoms with Crippen LogP contribution in [-0.2, 0) is 4.79 Å². The van der Waals surface area contributed by atoms with E-state index in [-0.39, 0.29) is 11.9 Å². The number of nitrogens with two attached hydrogens (primary N) is 1. The minimum atomic E-state index is -0.557. The molecule has 1 amide bonds. The number of nitrogens with one attached hydrogen (secondary N) is 1. The Labute approximate surface area is 117 Å². The van der Waals surface area contributed by atoms with Crippen LogP contribution in [0.4, 0.5) is 0 Å². The van der Waals surface area contributed by atoms with Crippen LogP contribution < -0.4 is 11.1 Å². The minimum absolute atomic E-state index is 0.243. The summed E-state index contributed by atoms with van der Waals surface area (Å²) >= 11 is 1.98. The van der Waals surface area contributed by atoms with Gasteiger partial charge in [-0.05, 0) is 51.5 Å². The highest BCUT2D eigenvalue weighted by atomic mass is 32.2. The number of carbonyl (C=O) groups excluding carboxylic acids is 1. The fourth-order valence-corrected chi connectivity index (χ4v) is 2.95. The molecule has 0 aromatic rings. The maximum Gasteiger partial charge on any atom is 0.237 e.